The van der Waals surface area contributed by atoms with Crippen molar-refractivity contribution >= 4 is 11.7 Å². The second-order valence-electron chi connectivity index (χ2n) is 4.28. The molecule has 0 spiro atoms. The van der Waals surface area contributed by atoms with Crippen LogP contribution in [0.5, 0.6) is 0 Å². The number of carbonyl (C=O) groups excluding carboxylic acids is 1. The van der Waals surface area contributed by atoms with Crippen molar-refractivity contribution in [3.63, 3.8) is 0 Å². The Kier molecular flexibility index (Phi) is 3.13. The van der Waals surface area contributed by atoms with E-state index in [4.69, 9.17) is 0 Å². The quantitative estimate of drug-likeness (QED) is 0.813. The van der Waals surface area contributed by atoms with Gasteiger partial charge in [0.25, 0.3) is 0 Å². The molecule has 1 heterocycles. The van der Waals surface area contributed by atoms with Crippen molar-refractivity contribution in [1.82, 2.24) is 5.32 Å². The molecule has 1 aliphatic rings. The van der Waals surface area contributed by atoms with Crippen molar-refractivity contribution < 1.29 is 4.79 Å². The first-order valence-corrected chi connectivity index (χ1v) is 5.89. The van der Waals surface area contributed by atoms with Crippen LogP contribution >= 0.6 is 0 Å². The van der Waals surface area contributed by atoms with Gasteiger partial charge in [-0.15, -0.1) is 0 Å². The predicted molar refractivity (Wildman–Crippen MR) is 65.8 cm³/mol. The third-order valence-corrected chi connectivity index (χ3v) is 2.95. The summed E-state index contributed by atoms with van der Waals surface area (Å²) in [7, 11) is 0. The summed E-state index contributed by atoms with van der Waals surface area (Å²) in [5, 5.41) is 2.93. The van der Waals surface area contributed by atoms with Gasteiger partial charge in [-0.1, -0.05) is 25.1 Å². The molecule has 0 fully saturated rings. The second kappa shape index (κ2) is 4.56. The van der Waals surface area contributed by atoms with E-state index in [2.05, 4.69) is 25.2 Å². The van der Waals surface area contributed by atoms with E-state index in [1.807, 2.05) is 23.1 Å². The number of hydrogen-bond acceptors (Lipinski definition) is 1. The van der Waals surface area contributed by atoms with Crippen LogP contribution in [-0.2, 0) is 6.42 Å². The number of rotatable bonds is 2. The average Bonchev–Trinajstić information content (AvgIpc) is 2.62. The van der Waals surface area contributed by atoms with Crippen LogP contribution < -0.4 is 10.2 Å². The number of nitrogens with zero attached hydrogens (tertiary/aromatic N) is 1. The van der Waals surface area contributed by atoms with Crippen molar-refractivity contribution in [2.24, 2.45) is 0 Å². The van der Waals surface area contributed by atoms with Gasteiger partial charge in [0.2, 0.25) is 0 Å². The van der Waals surface area contributed by atoms with E-state index in [-0.39, 0.29) is 12.1 Å². The Labute approximate surface area is 96.5 Å². The lowest BCUT2D eigenvalue weighted by Crippen LogP contribution is -2.43. The third kappa shape index (κ3) is 1.90. The van der Waals surface area contributed by atoms with Crippen LogP contribution in [0.3, 0.4) is 0 Å². The maximum Gasteiger partial charge on any atom is 0.322 e. The monoisotopic (exact) mass is 218 g/mol. The van der Waals surface area contributed by atoms with Crippen LogP contribution in [0, 0.1) is 0 Å². The number of nitrogens with one attached hydrogen (secondary N) is 1. The van der Waals surface area contributed by atoms with Gasteiger partial charge in [0.1, 0.15) is 0 Å². The summed E-state index contributed by atoms with van der Waals surface area (Å²) in [6, 6.07) is 8.41. The fourth-order valence-corrected chi connectivity index (χ4v) is 2.19. The molecule has 1 atom stereocenters. The molecule has 0 saturated heterocycles. The van der Waals surface area contributed by atoms with E-state index in [0.29, 0.717) is 0 Å². The normalized spacial score (nSPS) is 18.4. The Morgan fingerprint density at radius 3 is 3.00 bits per heavy atom. The number of anilines is 1. The standard InChI is InChI=1S/C13H18N2O/c1-3-8-14-13(16)15-10(2)9-11-6-4-5-7-12(11)15/h4-7,10H,3,8-9H2,1-2H3,(H,14,16). The summed E-state index contributed by atoms with van der Waals surface area (Å²) in [5.74, 6) is 0. The number of fused-ring (bicyclic) bond motifs is 1. The first-order valence-electron chi connectivity index (χ1n) is 5.89. The molecule has 3 heteroatoms. The van der Waals surface area contributed by atoms with Crippen molar-refractivity contribution in [2.75, 3.05) is 11.4 Å². The fraction of sp³-hybridized carbons (Fsp3) is 0.462. The van der Waals surface area contributed by atoms with Crippen LogP contribution in [0.2, 0.25) is 0 Å². The molecule has 1 aliphatic heterocycles. The zero-order valence-corrected chi connectivity index (χ0v) is 9.86. The summed E-state index contributed by atoms with van der Waals surface area (Å²) in [5.41, 5.74) is 2.32. The molecule has 0 radical (unpaired) electrons. The van der Waals surface area contributed by atoms with Crippen molar-refractivity contribution in [2.45, 2.75) is 32.7 Å². The molecular weight excluding hydrogens is 200 g/mol. The van der Waals surface area contributed by atoms with Gasteiger partial charge >= 0.3 is 6.03 Å². The van der Waals surface area contributed by atoms with Crippen LogP contribution in [0.15, 0.2) is 24.3 Å². The molecule has 2 rings (SSSR count). The second-order valence-corrected chi connectivity index (χ2v) is 4.28. The number of hydrogen-bond donors (Lipinski definition) is 1. The van der Waals surface area contributed by atoms with E-state index in [9.17, 15) is 4.79 Å². The van der Waals surface area contributed by atoms with Crippen LogP contribution in [0.1, 0.15) is 25.8 Å². The minimum Gasteiger partial charge on any atom is -0.338 e. The molecule has 1 aromatic rings. The topological polar surface area (TPSA) is 32.3 Å². The maximum absolute atomic E-state index is 12.0. The Bertz CT molecular complexity index is 389. The van der Waals surface area contributed by atoms with Crippen molar-refractivity contribution in [3.8, 4) is 0 Å². The molecule has 3 nitrogen and oxygen atoms in total. The first kappa shape index (κ1) is 11.0. The molecule has 0 aliphatic carbocycles. The highest BCUT2D eigenvalue weighted by atomic mass is 16.2. The number of para-hydroxylation sites is 1. The molecule has 1 unspecified atom stereocenters. The minimum absolute atomic E-state index is 0.0271. The third-order valence-electron chi connectivity index (χ3n) is 2.95. The summed E-state index contributed by atoms with van der Waals surface area (Å²) in [4.78, 5) is 13.9. The number of urea groups is 1. The average molecular weight is 218 g/mol. The lowest BCUT2D eigenvalue weighted by Gasteiger charge is -2.22. The molecule has 1 N–H and O–H groups in total. The highest BCUT2D eigenvalue weighted by Crippen LogP contribution is 2.31. The number of benzene rings is 1. The number of amides is 2. The zero-order chi connectivity index (χ0) is 11.5. The van der Waals surface area contributed by atoms with Gasteiger partial charge in [-0.05, 0) is 31.4 Å². The lowest BCUT2D eigenvalue weighted by molar-refractivity contribution is 0.245. The summed E-state index contributed by atoms with van der Waals surface area (Å²) in [6.45, 7) is 4.89. The molecular formula is C13H18N2O. The Hall–Kier alpha value is -1.51. The summed E-state index contributed by atoms with van der Waals surface area (Å²) in [6.07, 6.45) is 1.92. The molecule has 0 bridgehead atoms. The Morgan fingerprint density at radius 1 is 1.50 bits per heavy atom. The summed E-state index contributed by atoms with van der Waals surface area (Å²) >= 11 is 0. The highest BCUT2D eigenvalue weighted by molar-refractivity contribution is 5.94. The van der Waals surface area contributed by atoms with Crippen molar-refractivity contribution in [3.05, 3.63) is 29.8 Å². The maximum atomic E-state index is 12.0. The molecule has 0 aromatic heterocycles. The van der Waals surface area contributed by atoms with Crippen molar-refractivity contribution in [1.29, 1.82) is 0 Å². The highest BCUT2D eigenvalue weighted by Gasteiger charge is 2.29. The lowest BCUT2D eigenvalue weighted by atomic mass is 10.1. The SMILES string of the molecule is CCCNC(=O)N1c2ccccc2CC1C. The van der Waals surface area contributed by atoms with Gasteiger partial charge in [-0.25, -0.2) is 4.79 Å². The Balaban J connectivity index is 2.18. The first-order chi connectivity index (χ1) is 7.74. The number of carbonyl (C=O) groups is 1. The van der Waals surface area contributed by atoms with Gasteiger partial charge < -0.3 is 5.32 Å². The van der Waals surface area contributed by atoms with E-state index >= 15 is 0 Å². The largest absolute Gasteiger partial charge is 0.338 e. The predicted octanol–water partition coefficient (Wildman–Crippen LogP) is 2.56. The van der Waals surface area contributed by atoms with Gasteiger partial charge in [-0.2, -0.15) is 0 Å². The van der Waals surface area contributed by atoms with Crippen LogP contribution in [0.25, 0.3) is 0 Å². The van der Waals surface area contributed by atoms with E-state index in [0.717, 1.165) is 25.1 Å². The smallest absolute Gasteiger partial charge is 0.322 e. The molecule has 0 saturated carbocycles. The van der Waals surface area contributed by atoms with Gasteiger partial charge in [0, 0.05) is 18.3 Å². The Morgan fingerprint density at radius 2 is 2.25 bits per heavy atom. The van der Waals surface area contributed by atoms with E-state index < -0.39 is 0 Å². The van der Waals surface area contributed by atoms with E-state index in [1.165, 1.54) is 5.56 Å². The minimum atomic E-state index is 0.0271. The molecule has 86 valence electrons. The summed E-state index contributed by atoms with van der Waals surface area (Å²) < 4.78 is 0. The molecule has 16 heavy (non-hydrogen) atoms. The zero-order valence-electron chi connectivity index (χ0n) is 9.86. The van der Waals surface area contributed by atoms with Crippen LogP contribution in [-0.4, -0.2) is 18.6 Å². The van der Waals surface area contributed by atoms with Gasteiger partial charge in [0.15, 0.2) is 0 Å². The van der Waals surface area contributed by atoms with Crippen LogP contribution in [0.4, 0.5) is 10.5 Å². The van der Waals surface area contributed by atoms with Gasteiger partial charge in [-0.3, -0.25) is 4.90 Å². The fourth-order valence-electron chi connectivity index (χ4n) is 2.19. The van der Waals surface area contributed by atoms with Gasteiger partial charge in [0.05, 0.1) is 0 Å². The molecule has 1 aromatic carbocycles. The van der Waals surface area contributed by atoms with E-state index in [1.54, 1.807) is 0 Å². The molecule has 2 amide bonds.